The van der Waals surface area contributed by atoms with Gasteiger partial charge in [0.1, 0.15) is 24.2 Å². The number of carbonyl (C=O) groups excluding carboxylic acids is 2. The standard InChI is InChI=1S/C32H38FN3O5S/c1-3-29(32(38)34-25-14-6-4-7-15-25)35(22-24-13-12-16-26(21-24)41-2)31(37)23-36(30-20-11-10-19-28(30)33)42(39,40)27-17-8-5-9-18-27/h5,8-13,16-21,25,29H,3-4,6-7,14-15,22-23H2,1-2H3,(H,34,38)/t29-/m0/s1. The minimum Gasteiger partial charge on any atom is -0.497 e. The highest BCUT2D eigenvalue weighted by molar-refractivity contribution is 7.92. The van der Waals surface area contributed by atoms with Gasteiger partial charge in [0.25, 0.3) is 10.0 Å². The Morgan fingerprint density at radius 3 is 2.33 bits per heavy atom. The number of methoxy groups -OCH3 is 1. The topological polar surface area (TPSA) is 96.0 Å². The summed E-state index contributed by atoms with van der Waals surface area (Å²) in [6, 6.07) is 19.3. The number of sulfonamides is 1. The van der Waals surface area contributed by atoms with Gasteiger partial charge in [-0.15, -0.1) is 0 Å². The molecule has 1 saturated carbocycles. The molecule has 1 N–H and O–H groups in total. The molecule has 8 nitrogen and oxygen atoms in total. The maximum Gasteiger partial charge on any atom is 0.264 e. The number of ether oxygens (including phenoxy) is 1. The summed E-state index contributed by atoms with van der Waals surface area (Å²) in [5, 5.41) is 3.11. The number of hydrogen-bond donors (Lipinski definition) is 1. The first-order valence-corrected chi connectivity index (χ1v) is 15.7. The van der Waals surface area contributed by atoms with Crippen LogP contribution in [-0.2, 0) is 26.2 Å². The molecule has 42 heavy (non-hydrogen) atoms. The van der Waals surface area contributed by atoms with E-state index in [4.69, 9.17) is 4.74 Å². The van der Waals surface area contributed by atoms with Crippen LogP contribution in [0.3, 0.4) is 0 Å². The quantitative estimate of drug-likeness (QED) is 0.307. The third kappa shape index (κ3) is 7.47. The van der Waals surface area contributed by atoms with E-state index in [2.05, 4.69) is 5.32 Å². The number of nitrogens with one attached hydrogen (secondary N) is 1. The van der Waals surface area contributed by atoms with Crippen LogP contribution in [0.4, 0.5) is 10.1 Å². The molecule has 3 aromatic carbocycles. The van der Waals surface area contributed by atoms with Crippen LogP contribution in [0.1, 0.15) is 51.0 Å². The van der Waals surface area contributed by atoms with E-state index < -0.39 is 34.3 Å². The molecule has 0 heterocycles. The summed E-state index contributed by atoms with van der Waals surface area (Å²) in [5.41, 5.74) is 0.450. The number of rotatable bonds is 12. The van der Waals surface area contributed by atoms with Gasteiger partial charge in [0.15, 0.2) is 0 Å². The summed E-state index contributed by atoms with van der Waals surface area (Å²) in [6.07, 6.45) is 5.25. The predicted octanol–water partition coefficient (Wildman–Crippen LogP) is 5.29. The van der Waals surface area contributed by atoms with E-state index in [-0.39, 0.29) is 29.1 Å². The van der Waals surface area contributed by atoms with Crippen molar-refractivity contribution in [3.63, 3.8) is 0 Å². The van der Waals surface area contributed by atoms with Gasteiger partial charge >= 0.3 is 0 Å². The fourth-order valence-electron chi connectivity index (χ4n) is 5.32. The third-order valence-electron chi connectivity index (χ3n) is 7.56. The second-order valence-electron chi connectivity index (χ2n) is 10.4. The zero-order valence-electron chi connectivity index (χ0n) is 24.0. The zero-order chi connectivity index (χ0) is 30.1. The molecule has 4 rings (SSSR count). The van der Waals surface area contributed by atoms with Crippen molar-refractivity contribution in [3.05, 3.63) is 90.2 Å². The fourth-order valence-corrected chi connectivity index (χ4v) is 6.76. The lowest BCUT2D eigenvalue weighted by Crippen LogP contribution is -2.54. The average molecular weight is 596 g/mol. The van der Waals surface area contributed by atoms with E-state index in [0.29, 0.717) is 17.7 Å². The number of benzene rings is 3. The molecule has 0 aliphatic heterocycles. The molecule has 0 aromatic heterocycles. The lowest BCUT2D eigenvalue weighted by Gasteiger charge is -2.34. The summed E-state index contributed by atoms with van der Waals surface area (Å²) in [5.74, 6) is -1.12. The van der Waals surface area contributed by atoms with Gasteiger partial charge in [0, 0.05) is 12.6 Å². The molecule has 1 atom stereocenters. The van der Waals surface area contributed by atoms with Gasteiger partial charge in [0.2, 0.25) is 11.8 Å². The third-order valence-corrected chi connectivity index (χ3v) is 9.33. The van der Waals surface area contributed by atoms with E-state index >= 15 is 4.39 Å². The highest BCUT2D eigenvalue weighted by Crippen LogP contribution is 2.27. The smallest absolute Gasteiger partial charge is 0.264 e. The summed E-state index contributed by atoms with van der Waals surface area (Å²) >= 11 is 0. The van der Waals surface area contributed by atoms with Gasteiger partial charge in [-0.1, -0.05) is 68.7 Å². The summed E-state index contributed by atoms with van der Waals surface area (Å²) in [6.45, 7) is 1.14. The van der Waals surface area contributed by atoms with Gasteiger partial charge in [-0.3, -0.25) is 13.9 Å². The van der Waals surface area contributed by atoms with Gasteiger partial charge in [0.05, 0.1) is 17.7 Å². The van der Waals surface area contributed by atoms with Crippen molar-refractivity contribution in [3.8, 4) is 5.75 Å². The number of carbonyl (C=O) groups is 2. The molecule has 1 fully saturated rings. The maximum atomic E-state index is 15.1. The Morgan fingerprint density at radius 2 is 1.67 bits per heavy atom. The van der Waals surface area contributed by atoms with Crippen LogP contribution >= 0.6 is 0 Å². The number of para-hydroxylation sites is 1. The van der Waals surface area contributed by atoms with Gasteiger partial charge in [-0.2, -0.15) is 0 Å². The monoisotopic (exact) mass is 595 g/mol. The van der Waals surface area contributed by atoms with Gasteiger partial charge < -0.3 is 15.0 Å². The molecule has 1 aliphatic carbocycles. The summed E-state index contributed by atoms with van der Waals surface area (Å²) in [4.78, 5) is 29.1. The van der Waals surface area contributed by atoms with E-state index in [1.165, 1.54) is 42.3 Å². The molecule has 224 valence electrons. The minimum absolute atomic E-state index is 0.0300. The molecule has 10 heteroatoms. The molecular formula is C32H38FN3O5S. The van der Waals surface area contributed by atoms with Crippen LogP contribution in [0.5, 0.6) is 5.75 Å². The molecule has 0 saturated heterocycles. The maximum absolute atomic E-state index is 15.1. The number of nitrogens with zero attached hydrogens (tertiary/aromatic N) is 2. The SMILES string of the molecule is CC[C@@H](C(=O)NC1CCCCC1)N(Cc1cccc(OC)c1)C(=O)CN(c1ccccc1F)S(=O)(=O)c1ccccc1. The lowest BCUT2D eigenvalue weighted by molar-refractivity contribution is -0.140. The van der Waals surface area contributed by atoms with Crippen LogP contribution < -0.4 is 14.4 Å². The van der Waals surface area contributed by atoms with Crippen molar-refractivity contribution in [2.24, 2.45) is 0 Å². The first-order valence-electron chi connectivity index (χ1n) is 14.3. The first kappa shape index (κ1) is 31.0. The van der Waals surface area contributed by atoms with E-state index in [1.807, 2.05) is 13.0 Å². The molecule has 0 bridgehead atoms. The van der Waals surface area contributed by atoms with E-state index in [0.717, 1.165) is 42.5 Å². The van der Waals surface area contributed by atoms with Crippen molar-refractivity contribution in [2.75, 3.05) is 18.0 Å². The number of hydrogen-bond acceptors (Lipinski definition) is 5. The fraction of sp³-hybridized carbons (Fsp3) is 0.375. The molecule has 0 spiro atoms. The average Bonchev–Trinajstić information content (AvgIpc) is 3.01. The van der Waals surface area contributed by atoms with Crippen LogP contribution in [-0.4, -0.2) is 50.9 Å². The number of anilines is 1. The minimum atomic E-state index is -4.34. The van der Waals surface area contributed by atoms with Crippen LogP contribution in [0.2, 0.25) is 0 Å². The summed E-state index contributed by atoms with van der Waals surface area (Å²) < 4.78 is 48.8. The summed E-state index contributed by atoms with van der Waals surface area (Å²) in [7, 11) is -2.80. The predicted molar refractivity (Wildman–Crippen MR) is 160 cm³/mol. The van der Waals surface area contributed by atoms with Crippen molar-refractivity contribution in [1.82, 2.24) is 10.2 Å². The highest BCUT2D eigenvalue weighted by atomic mass is 32.2. The Hall–Kier alpha value is -3.92. The highest BCUT2D eigenvalue weighted by Gasteiger charge is 2.35. The largest absolute Gasteiger partial charge is 0.497 e. The Labute approximate surface area is 247 Å². The van der Waals surface area contributed by atoms with Crippen LogP contribution in [0.15, 0.2) is 83.8 Å². The number of amides is 2. The Morgan fingerprint density at radius 1 is 0.976 bits per heavy atom. The Balaban J connectivity index is 1.71. The van der Waals surface area contributed by atoms with E-state index in [9.17, 15) is 18.0 Å². The van der Waals surface area contributed by atoms with Gasteiger partial charge in [-0.05, 0) is 61.2 Å². The molecule has 0 unspecified atom stereocenters. The van der Waals surface area contributed by atoms with Crippen molar-refractivity contribution >= 4 is 27.5 Å². The van der Waals surface area contributed by atoms with Crippen LogP contribution in [0.25, 0.3) is 0 Å². The van der Waals surface area contributed by atoms with Crippen molar-refractivity contribution < 1.29 is 27.1 Å². The van der Waals surface area contributed by atoms with E-state index in [1.54, 1.807) is 36.4 Å². The molecule has 2 amide bonds. The van der Waals surface area contributed by atoms with Gasteiger partial charge in [-0.25, -0.2) is 12.8 Å². The molecule has 0 radical (unpaired) electrons. The van der Waals surface area contributed by atoms with Crippen LogP contribution in [0, 0.1) is 5.82 Å². The second kappa shape index (κ2) is 14.3. The lowest BCUT2D eigenvalue weighted by atomic mass is 9.95. The Bertz CT molecular complexity index is 1460. The zero-order valence-corrected chi connectivity index (χ0v) is 24.9. The molecular weight excluding hydrogens is 557 g/mol. The Kier molecular flexibility index (Phi) is 10.6. The normalized spacial score (nSPS) is 14.5. The molecule has 1 aliphatic rings. The molecule has 3 aromatic rings. The second-order valence-corrected chi connectivity index (χ2v) is 12.3. The first-order chi connectivity index (χ1) is 20.2. The number of halogens is 1. The van der Waals surface area contributed by atoms with Crippen molar-refractivity contribution in [1.29, 1.82) is 0 Å². The van der Waals surface area contributed by atoms with Crippen molar-refractivity contribution in [2.45, 2.75) is 69.0 Å².